The Bertz CT molecular complexity index is 463. The lowest BCUT2D eigenvalue weighted by atomic mass is 10.2. The van der Waals surface area contributed by atoms with E-state index in [1.165, 1.54) is 6.20 Å². The number of rotatable bonds is 5. The molecule has 0 spiro atoms. The van der Waals surface area contributed by atoms with E-state index in [-0.39, 0.29) is 11.8 Å². The lowest BCUT2D eigenvalue weighted by molar-refractivity contribution is -0.122. The van der Waals surface area contributed by atoms with Crippen LogP contribution < -0.4 is 10.6 Å². The second-order valence-electron chi connectivity index (χ2n) is 4.73. The first-order chi connectivity index (χ1) is 8.90. The summed E-state index contributed by atoms with van der Waals surface area (Å²) in [5.41, 5.74) is 0.415. The third kappa shape index (κ3) is 5.38. The van der Waals surface area contributed by atoms with Gasteiger partial charge in [-0.15, -0.1) is 0 Å². The maximum absolute atomic E-state index is 11.9. The molecule has 104 valence electrons. The quantitative estimate of drug-likeness (QED) is 0.865. The van der Waals surface area contributed by atoms with Crippen molar-refractivity contribution in [3.8, 4) is 0 Å². The van der Waals surface area contributed by atoms with Gasteiger partial charge in [-0.25, -0.2) is 0 Å². The molecule has 1 heterocycles. The number of carbonyl (C=O) groups excluding carboxylic acids is 2. The molecule has 19 heavy (non-hydrogen) atoms. The van der Waals surface area contributed by atoms with Gasteiger partial charge in [0, 0.05) is 23.4 Å². The van der Waals surface area contributed by atoms with Crippen LogP contribution in [0.5, 0.6) is 0 Å². The molecule has 2 N–H and O–H groups in total. The molecule has 0 bridgehead atoms. The van der Waals surface area contributed by atoms with Crippen LogP contribution in [0, 0.1) is 5.92 Å². The number of amides is 2. The molecule has 2 amide bonds. The molecule has 0 fully saturated rings. The first-order valence-electron chi connectivity index (χ1n) is 6.09. The largest absolute Gasteiger partial charge is 0.354 e. The zero-order chi connectivity index (χ0) is 14.4. The Hall–Kier alpha value is -1.43. The maximum atomic E-state index is 11.9. The Labute approximate surface area is 121 Å². The van der Waals surface area contributed by atoms with Crippen LogP contribution in [0.1, 0.15) is 31.1 Å². The summed E-state index contributed by atoms with van der Waals surface area (Å²) in [5, 5.41) is 5.41. The topological polar surface area (TPSA) is 71.1 Å². The summed E-state index contributed by atoms with van der Waals surface area (Å²) in [4.78, 5) is 27.5. The van der Waals surface area contributed by atoms with Gasteiger partial charge < -0.3 is 10.6 Å². The Morgan fingerprint density at radius 2 is 2.00 bits per heavy atom. The van der Waals surface area contributed by atoms with Gasteiger partial charge in [-0.1, -0.05) is 13.8 Å². The van der Waals surface area contributed by atoms with Crippen LogP contribution in [-0.2, 0) is 4.79 Å². The maximum Gasteiger partial charge on any atom is 0.253 e. The Morgan fingerprint density at radius 1 is 1.32 bits per heavy atom. The van der Waals surface area contributed by atoms with Crippen molar-refractivity contribution in [2.24, 2.45) is 5.92 Å². The number of halogens is 1. The summed E-state index contributed by atoms with van der Waals surface area (Å²) >= 11 is 3.24. The average Bonchev–Trinajstić information content (AvgIpc) is 2.35. The highest BCUT2D eigenvalue weighted by Crippen LogP contribution is 2.09. The molecule has 1 rings (SSSR count). The first kappa shape index (κ1) is 15.6. The molecule has 5 nitrogen and oxygen atoms in total. The molecule has 1 aromatic rings. The summed E-state index contributed by atoms with van der Waals surface area (Å²) in [6.45, 7) is 6.27. The predicted octanol–water partition coefficient (Wildman–Crippen LogP) is 1.73. The van der Waals surface area contributed by atoms with Crippen LogP contribution >= 0.6 is 15.9 Å². The Kier molecular flexibility index (Phi) is 5.95. The van der Waals surface area contributed by atoms with Gasteiger partial charge >= 0.3 is 0 Å². The number of hydrogen-bond acceptors (Lipinski definition) is 3. The van der Waals surface area contributed by atoms with E-state index in [9.17, 15) is 9.59 Å². The van der Waals surface area contributed by atoms with E-state index in [4.69, 9.17) is 0 Å². The van der Waals surface area contributed by atoms with Crippen LogP contribution in [0.3, 0.4) is 0 Å². The minimum Gasteiger partial charge on any atom is -0.354 e. The van der Waals surface area contributed by atoms with E-state index < -0.39 is 6.04 Å². The fourth-order valence-electron chi connectivity index (χ4n) is 1.34. The summed E-state index contributed by atoms with van der Waals surface area (Å²) in [6, 6.07) is 1.08. The predicted molar refractivity (Wildman–Crippen MR) is 76.7 cm³/mol. The average molecular weight is 328 g/mol. The fraction of sp³-hybridized carbons (Fsp3) is 0.462. The van der Waals surface area contributed by atoms with Crippen molar-refractivity contribution in [2.75, 3.05) is 6.54 Å². The van der Waals surface area contributed by atoms with Gasteiger partial charge in [0.15, 0.2) is 0 Å². The lowest BCUT2D eigenvalue weighted by Gasteiger charge is -2.15. The highest BCUT2D eigenvalue weighted by molar-refractivity contribution is 9.10. The van der Waals surface area contributed by atoms with Crippen molar-refractivity contribution in [3.05, 3.63) is 28.5 Å². The van der Waals surface area contributed by atoms with Crippen molar-refractivity contribution in [2.45, 2.75) is 26.8 Å². The zero-order valence-corrected chi connectivity index (χ0v) is 12.8. The second-order valence-corrected chi connectivity index (χ2v) is 5.64. The van der Waals surface area contributed by atoms with Crippen LogP contribution in [0.4, 0.5) is 0 Å². The number of carbonyl (C=O) groups is 2. The number of nitrogens with one attached hydrogen (secondary N) is 2. The summed E-state index contributed by atoms with van der Waals surface area (Å²) < 4.78 is 0.720. The first-order valence-corrected chi connectivity index (χ1v) is 6.88. The third-order valence-electron chi connectivity index (χ3n) is 2.39. The van der Waals surface area contributed by atoms with E-state index >= 15 is 0 Å². The van der Waals surface area contributed by atoms with E-state index in [0.29, 0.717) is 18.0 Å². The van der Waals surface area contributed by atoms with Crippen molar-refractivity contribution in [1.29, 1.82) is 0 Å². The fourth-order valence-corrected chi connectivity index (χ4v) is 1.70. The molecule has 1 atom stereocenters. The van der Waals surface area contributed by atoms with Crippen molar-refractivity contribution < 1.29 is 9.59 Å². The molecule has 0 aliphatic carbocycles. The minimum atomic E-state index is -0.578. The zero-order valence-electron chi connectivity index (χ0n) is 11.2. The van der Waals surface area contributed by atoms with E-state index in [0.717, 1.165) is 4.47 Å². The van der Waals surface area contributed by atoms with Gasteiger partial charge in [-0.05, 0) is 34.8 Å². The molecule has 1 unspecified atom stereocenters. The summed E-state index contributed by atoms with van der Waals surface area (Å²) in [7, 11) is 0. The molecule has 0 saturated heterocycles. The van der Waals surface area contributed by atoms with Gasteiger partial charge in [0.2, 0.25) is 5.91 Å². The van der Waals surface area contributed by atoms with E-state index in [1.54, 1.807) is 19.2 Å². The molecular weight excluding hydrogens is 310 g/mol. The normalized spacial score (nSPS) is 12.1. The standard InChI is InChI=1S/C13H18BrN3O2/c1-8(2)5-16-12(18)9(3)17-13(19)10-4-11(14)7-15-6-10/h4,6-9H,5H2,1-3H3,(H,16,18)(H,17,19). The molecule has 0 radical (unpaired) electrons. The van der Waals surface area contributed by atoms with Gasteiger partial charge in [0.1, 0.15) is 6.04 Å². The summed E-state index contributed by atoms with van der Waals surface area (Å²) in [6.07, 6.45) is 3.05. The smallest absolute Gasteiger partial charge is 0.253 e. The Balaban J connectivity index is 2.54. The molecular formula is C13H18BrN3O2. The monoisotopic (exact) mass is 327 g/mol. The third-order valence-corrected chi connectivity index (χ3v) is 2.83. The number of nitrogens with zero attached hydrogens (tertiary/aromatic N) is 1. The van der Waals surface area contributed by atoms with Gasteiger partial charge in [-0.3, -0.25) is 14.6 Å². The van der Waals surface area contributed by atoms with Crippen molar-refractivity contribution in [1.82, 2.24) is 15.6 Å². The molecule has 0 saturated carbocycles. The van der Waals surface area contributed by atoms with Crippen LogP contribution in [-0.4, -0.2) is 29.4 Å². The van der Waals surface area contributed by atoms with Gasteiger partial charge in [0.25, 0.3) is 5.91 Å². The van der Waals surface area contributed by atoms with E-state index in [1.807, 2.05) is 13.8 Å². The number of hydrogen-bond donors (Lipinski definition) is 2. The van der Waals surface area contributed by atoms with Gasteiger partial charge in [-0.2, -0.15) is 0 Å². The van der Waals surface area contributed by atoms with E-state index in [2.05, 4.69) is 31.5 Å². The van der Waals surface area contributed by atoms with Crippen molar-refractivity contribution in [3.63, 3.8) is 0 Å². The number of pyridine rings is 1. The molecule has 0 aromatic carbocycles. The molecule has 6 heteroatoms. The molecule has 0 aliphatic rings. The van der Waals surface area contributed by atoms with Crippen LogP contribution in [0.15, 0.2) is 22.9 Å². The Morgan fingerprint density at radius 3 is 2.58 bits per heavy atom. The summed E-state index contributed by atoms with van der Waals surface area (Å²) in [5.74, 6) is -0.132. The second kappa shape index (κ2) is 7.23. The molecule has 0 aliphatic heterocycles. The lowest BCUT2D eigenvalue weighted by Crippen LogP contribution is -2.45. The van der Waals surface area contributed by atoms with Crippen molar-refractivity contribution >= 4 is 27.7 Å². The number of aromatic nitrogens is 1. The van der Waals surface area contributed by atoms with Crippen LogP contribution in [0.25, 0.3) is 0 Å². The highest BCUT2D eigenvalue weighted by atomic mass is 79.9. The minimum absolute atomic E-state index is 0.190. The highest BCUT2D eigenvalue weighted by Gasteiger charge is 2.16. The SMILES string of the molecule is CC(C)CNC(=O)C(C)NC(=O)c1cncc(Br)c1. The van der Waals surface area contributed by atoms with Gasteiger partial charge in [0.05, 0.1) is 5.56 Å². The van der Waals surface area contributed by atoms with Crippen LogP contribution in [0.2, 0.25) is 0 Å². The molecule has 1 aromatic heterocycles.